The first kappa shape index (κ1) is 29.5. The van der Waals surface area contributed by atoms with Crippen LogP contribution in [0.1, 0.15) is 35.6 Å². The van der Waals surface area contributed by atoms with Gasteiger partial charge >= 0.3 is 12.1 Å². The standard InChI is InChI=1S/C30H28F5N7O2/c1-29(12-26(43)44)15-42(25-11-23(32)22(31)10-20(25)29)27-21(30(33,34)35)13-36-28(39-27)38-17-8-16-14-40(2)7-5-18(16)19(9-17)24-4-6-37-41(24)3/h4,6,8-11,13H,5,7,12,14-15H2,1-3H3,(H,43,44)(H,36,38,39). The fourth-order valence-corrected chi connectivity index (χ4v) is 6.18. The molecular weight excluding hydrogens is 585 g/mol. The van der Waals surface area contributed by atoms with E-state index in [-0.39, 0.29) is 23.7 Å². The molecule has 1 atom stereocenters. The van der Waals surface area contributed by atoms with Crippen LogP contribution in [0.3, 0.4) is 0 Å². The van der Waals surface area contributed by atoms with E-state index in [2.05, 4.69) is 25.3 Å². The number of aromatic nitrogens is 4. The van der Waals surface area contributed by atoms with Crippen molar-refractivity contribution in [3.8, 4) is 11.3 Å². The molecule has 1 unspecified atom stereocenters. The smallest absolute Gasteiger partial charge is 0.421 e. The third kappa shape index (κ3) is 5.23. The molecule has 0 radical (unpaired) electrons. The zero-order chi connectivity index (χ0) is 31.6. The molecule has 230 valence electrons. The van der Waals surface area contributed by atoms with Crippen LogP contribution in [0.15, 0.2) is 42.7 Å². The number of rotatable bonds is 6. The van der Waals surface area contributed by atoms with Crippen molar-refractivity contribution in [2.24, 2.45) is 7.05 Å². The molecule has 0 spiro atoms. The average molecular weight is 614 g/mol. The summed E-state index contributed by atoms with van der Waals surface area (Å²) in [5, 5.41) is 16.9. The van der Waals surface area contributed by atoms with Crippen molar-refractivity contribution in [1.29, 1.82) is 0 Å². The first-order chi connectivity index (χ1) is 20.7. The number of aryl methyl sites for hydroxylation is 1. The Morgan fingerprint density at radius 1 is 1.14 bits per heavy atom. The number of benzene rings is 2. The van der Waals surface area contributed by atoms with E-state index in [0.29, 0.717) is 18.4 Å². The SMILES string of the molecule is CN1CCc2c(cc(Nc3ncc(C(F)(F)F)c(N4CC(C)(CC(=O)O)c5cc(F)c(F)cc54)n3)cc2-c2ccnn2C)C1. The number of carboxylic acids is 1. The molecule has 2 aliphatic heterocycles. The number of halogens is 5. The molecule has 0 bridgehead atoms. The van der Waals surface area contributed by atoms with Crippen LogP contribution in [-0.2, 0) is 36.4 Å². The predicted molar refractivity (Wildman–Crippen MR) is 152 cm³/mol. The zero-order valence-electron chi connectivity index (χ0n) is 24.0. The first-order valence-electron chi connectivity index (χ1n) is 13.8. The van der Waals surface area contributed by atoms with E-state index >= 15 is 0 Å². The summed E-state index contributed by atoms with van der Waals surface area (Å²) in [5.74, 6) is -4.53. The number of anilines is 4. The lowest BCUT2D eigenvalue weighted by Crippen LogP contribution is -2.32. The van der Waals surface area contributed by atoms with Crippen LogP contribution in [0.25, 0.3) is 11.3 Å². The highest BCUT2D eigenvalue weighted by Crippen LogP contribution is 2.49. The summed E-state index contributed by atoms with van der Waals surface area (Å²) in [7, 11) is 3.82. The molecule has 0 fully saturated rings. The number of aliphatic carboxylic acids is 1. The van der Waals surface area contributed by atoms with E-state index in [0.717, 1.165) is 52.4 Å². The molecule has 0 saturated carbocycles. The Bertz CT molecular complexity index is 1790. The Balaban J connectivity index is 1.46. The summed E-state index contributed by atoms with van der Waals surface area (Å²) in [5.41, 5.74) is 1.92. The van der Waals surface area contributed by atoms with Crippen LogP contribution in [0.5, 0.6) is 0 Å². The summed E-state index contributed by atoms with van der Waals surface area (Å²) in [4.78, 5) is 23.1. The summed E-state index contributed by atoms with van der Waals surface area (Å²) in [6.07, 6.45) is -2.32. The van der Waals surface area contributed by atoms with E-state index in [1.54, 1.807) is 10.9 Å². The Morgan fingerprint density at radius 2 is 1.89 bits per heavy atom. The molecule has 4 aromatic rings. The molecule has 2 aliphatic rings. The molecule has 2 aromatic heterocycles. The number of fused-ring (bicyclic) bond motifs is 2. The quantitative estimate of drug-likeness (QED) is 0.264. The highest BCUT2D eigenvalue weighted by Gasteiger charge is 2.46. The van der Waals surface area contributed by atoms with Gasteiger partial charge in [-0.25, -0.2) is 13.8 Å². The van der Waals surface area contributed by atoms with Gasteiger partial charge in [0.05, 0.1) is 12.1 Å². The maximum absolute atomic E-state index is 14.4. The zero-order valence-corrected chi connectivity index (χ0v) is 24.0. The molecule has 0 amide bonds. The van der Waals surface area contributed by atoms with Gasteiger partial charge < -0.3 is 20.2 Å². The van der Waals surface area contributed by atoms with Gasteiger partial charge in [-0.15, -0.1) is 0 Å². The van der Waals surface area contributed by atoms with Crippen LogP contribution in [0, 0.1) is 11.6 Å². The van der Waals surface area contributed by atoms with E-state index in [1.807, 2.05) is 32.3 Å². The molecule has 9 nitrogen and oxygen atoms in total. The minimum Gasteiger partial charge on any atom is -0.481 e. The van der Waals surface area contributed by atoms with Crippen LogP contribution < -0.4 is 10.2 Å². The van der Waals surface area contributed by atoms with Gasteiger partial charge in [0.1, 0.15) is 5.56 Å². The first-order valence-corrected chi connectivity index (χ1v) is 13.8. The Morgan fingerprint density at radius 3 is 2.57 bits per heavy atom. The molecule has 44 heavy (non-hydrogen) atoms. The lowest BCUT2D eigenvalue weighted by molar-refractivity contribution is -0.139. The topological polar surface area (TPSA) is 99.4 Å². The van der Waals surface area contributed by atoms with E-state index in [1.165, 1.54) is 6.92 Å². The van der Waals surface area contributed by atoms with E-state index in [9.17, 15) is 31.9 Å². The minimum absolute atomic E-state index is 0.0691. The van der Waals surface area contributed by atoms with Crippen molar-refractivity contribution < 1.29 is 31.9 Å². The van der Waals surface area contributed by atoms with Crippen molar-refractivity contribution >= 4 is 29.1 Å². The number of carboxylic acid groups (broad SMARTS) is 1. The number of hydrogen-bond acceptors (Lipinski definition) is 7. The lowest BCUT2D eigenvalue weighted by Gasteiger charge is -2.28. The van der Waals surface area contributed by atoms with Crippen molar-refractivity contribution in [1.82, 2.24) is 24.6 Å². The molecule has 2 aromatic carbocycles. The maximum Gasteiger partial charge on any atom is 0.421 e. The second-order valence-corrected chi connectivity index (χ2v) is 11.5. The predicted octanol–water partition coefficient (Wildman–Crippen LogP) is 5.79. The number of nitrogens with one attached hydrogen (secondary N) is 1. The van der Waals surface area contributed by atoms with Crippen LogP contribution >= 0.6 is 0 Å². The third-order valence-corrected chi connectivity index (χ3v) is 8.24. The van der Waals surface area contributed by atoms with Crippen LogP contribution in [0.4, 0.5) is 45.1 Å². The van der Waals surface area contributed by atoms with Gasteiger partial charge in [-0.05, 0) is 54.4 Å². The molecule has 0 aliphatic carbocycles. The molecule has 14 heteroatoms. The summed E-state index contributed by atoms with van der Waals surface area (Å²) in [6.45, 7) is 2.68. The van der Waals surface area contributed by atoms with Crippen molar-refractivity contribution in [3.63, 3.8) is 0 Å². The number of alkyl halides is 3. The third-order valence-electron chi connectivity index (χ3n) is 8.24. The minimum atomic E-state index is -4.90. The highest BCUT2D eigenvalue weighted by molar-refractivity contribution is 5.78. The summed E-state index contributed by atoms with van der Waals surface area (Å²) in [6, 6.07) is 7.26. The molecule has 4 heterocycles. The monoisotopic (exact) mass is 613 g/mol. The lowest BCUT2D eigenvalue weighted by atomic mass is 9.81. The normalized spacial score (nSPS) is 18.3. The van der Waals surface area contributed by atoms with Gasteiger partial charge in [0, 0.05) is 67.5 Å². The molecule has 0 saturated heterocycles. The van der Waals surface area contributed by atoms with Crippen LogP contribution in [-0.4, -0.2) is 55.9 Å². The molecule has 2 N–H and O–H groups in total. The fourth-order valence-electron chi connectivity index (χ4n) is 6.18. The fraction of sp³-hybridized carbons (Fsp3) is 0.333. The van der Waals surface area contributed by atoms with Gasteiger partial charge in [-0.3, -0.25) is 9.48 Å². The van der Waals surface area contributed by atoms with Gasteiger partial charge in [0.2, 0.25) is 5.95 Å². The van der Waals surface area contributed by atoms with Crippen LogP contribution in [0.2, 0.25) is 0 Å². The number of likely N-dealkylation sites (N-methyl/N-ethyl adjacent to an activating group) is 1. The Kier molecular flexibility index (Phi) is 7.06. The summed E-state index contributed by atoms with van der Waals surface area (Å²) >= 11 is 0. The maximum atomic E-state index is 14.4. The average Bonchev–Trinajstić information content (AvgIpc) is 3.47. The highest BCUT2D eigenvalue weighted by atomic mass is 19.4. The number of nitrogens with zero attached hydrogens (tertiary/aromatic N) is 6. The molecular formula is C30H28F5N7O2. The second-order valence-electron chi connectivity index (χ2n) is 11.5. The number of carbonyl (C=O) groups is 1. The van der Waals surface area contributed by atoms with Crippen molar-refractivity contribution in [2.75, 3.05) is 30.4 Å². The van der Waals surface area contributed by atoms with E-state index < -0.39 is 47.0 Å². The Labute approximate surface area is 249 Å². The summed E-state index contributed by atoms with van der Waals surface area (Å²) < 4.78 is 73.3. The van der Waals surface area contributed by atoms with E-state index in [4.69, 9.17) is 0 Å². The number of hydrogen-bond donors (Lipinski definition) is 2. The van der Waals surface area contributed by atoms with Gasteiger partial charge in [-0.1, -0.05) is 6.92 Å². The van der Waals surface area contributed by atoms with Crippen molar-refractivity contribution in [3.05, 3.63) is 76.6 Å². The van der Waals surface area contributed by atoms with Gasteiger partial charge in [-0.2, -0.15) is 23.3 Å². The van der Waals surface area contributed by atoms with Crippen molar-refractivity contribution in [2.45, 2.75) is 37.9 Å². The second kappa shape index (κ2) is 10.5. The molecule has 6 rings (SSSR count). The largest absolute Gasteiger partial charge is 0.481 e. The Hall–Kier alpha value is -4.59. The van der Waals surface area contributed by atoms with Gasteiger partial charge in [0.25, 0.3) is 0 Å². The van der Waals surface area contributed by atoms with Gasteiger partial charge in [0.15, 0.2) is 17.5 Å².